The van der Waals surface area contributed by atoms with Gasteiger partial charge in [0.15, 0.2) is 34.6 Å². The highest BCUT2D eigenvalue weighted by Gasteiger charge is 2.52. The number of carbonyl (C=O) groups is 2. The van der Waals surface area contributed by atoms with Crippen molar-refractivity contribution >= 4 is 30.3 Å². The van der Waals surface area contributed by atoms with Gasteiger partial charge in [-0.25, -0.2) is 0 Å². The van der Waals surface area contributed by atoms with Crippen molar-refractivity contribution in [1.82, 2.24) is 0 Å². The summed E-state index contributed by atoms with van der Waals surface area (Å²) in [4.78, 5) is 28.4. The molecule has 0 bridgehead atoms. The summed E-state index contributed by atoms with van der Waals surface area (Å²) in [5.74, 6) is 1.17. The third-order valence-corrected chi connectivity index (χ3v) is 14.5. The normalized spacial score (nSPS) is 11.4. The fourth-order valence-corrected chi connectivity index (χ4v) is 11.1. The molecule has 0 fully saturated rings. The van der Waals surface area contributed by atoms with E-state index < -0.39 is 20.5 Å². The van der Waals surface area contributed by atoms with E-state index in [1.807, 2.05) is 97.1 Å². The lowest BCUT2D eigenvalue weighted by Gasteiger charge is -2.43. The molecule has 0 aliphatic rings. The number of ether oxygens (including phenoxy) is 4. The summed E-state index contributed by atoms with van der Waals surface area (Å²) in [7, 11) is -0.128. The molecule has 6 rings (SSSR count). The molecule has 0 saturated carbocycles. The smallest absolute Gasteiger partial charge is 0.319 e. The Labute approximate surface area is 324 Å². The molecule has 0 N–H and O–H groups in total. The molecular formula is C47H46O7Si. The Morgan fingerprint density at radius 1 is 0.509 bits per heavy atom. The van der Waals surface area contributed by atoms with Crippen LogP contribution >= 0.6 is 0 Å². The van der Waals surface area contributed by atoms with Crippen molar-refractivity contribution in [3.63, 3.8) is 0 Å². The minimum absolute atomic E-state index is 0.224. The standard InChI is InChI=1S/C47H46O7Si/c1-47(2,3)55(37-22-14-8-15-23-37,38-24-16-9-17-25-38)54-43-31-45(51-5)44(50-4)29-39(43)41(49)30-40(48)36-26-27-42(52-32-34-18-10-6-11-19-34)46(28-36)53-33-35-20-12-7-13-21-35/h6-29,31H,30,32-33H2,1-5H3. The Morgan fingerprint density at radius 2 is 0.982 bits per heavy atom. The molecule has 6 aromatic carbocycles. The maximum Gasteiger partial charge on any atom is 0.319 e. The fourth-order valence-electron chi connectivity index (χ4n) is 6.70. The lowest BCUT2D eigenvalue weighted by atomic mass is 10.00. The number of hydrogen-bond donors (Lipinski definition) is 0. The quantitative estimate of drug-likeness (QED) is 0.0555. The van der Waals surface area contributed by atoms with Gasteiger partial charge < -0.3 is 23.4 Å². The van der Waals surface area contributed by atoms with Gasteiger partial charge >= 0.3 is 8.32 Å². The molecule has 0 saturated heterocycles. The molecule has 6 aromatic rings. The van der Waals surface area contributed by atoms with Gasteiger partial charge in [-0.2, -0.15) is 0 Å². The molecule has 0 atom stereocenters. The lowest BCUT2D eigenvalue weighted by molar-refractivity contribution is 0.0892. The summed E-state index contributed by atoms with van der Waals surface area (Å²) < 4.78 is 31.1. The highest BCUT2D eigenvalue weighted by molar-refractivity contribution is 7.00. The predicted octanol–water partition coefficient (Wildman–Crippen LogP) is 9.26. The first-order valence-corrected chi connectivity index (χ1v) is 20.1. The van der Waals surface area contributed by atoms with Crippen LogP contribution in [0.15, 0.2) is 152 Å². The minimum Gasteiger partial charge on any atom is -0.533 e. The summed E-state index contributed by atoms with van der Waals surface area (Å²) in [6.07, 6.45) is -0.422. The first-order valence-electron chi connectivity index (χ1n) is 18.2. The number of carbonyl (C=O) groups excluding carboxylic acids is 2. The van der Waals surface area contributed by atoms with E-state index in [1.54, 1.807) is 37.4 Å². The van der Waals surface area contributed by atoms with E-state index in [1.165, 1.54) is 7.11 Å². The first kappa shape index (κ1) is 38.6. The van der Waals surface area contributed by atoms with Crippen LogP contribution in [0.4, 0.5) is 0 Å². The molecule has 0 amide bonds. The highest BCUT2D eigenvalue weighted by Crippen LogP contribution is 2.42. The molecule has 280 valence electrons. The van der Waals surface area contributed by atoms with Gasteiger partial charge in [0.25, 0.3) is 0 Å². The number of ketones is 2. The van der Waals surface area contributed by atoms with Crippen molar-refractivity contribution < 1.29 is 33.0 Å². The second-order valence-corrected chi connectivity index (χ2v) is 18.4. The second kappa shape index (κ2) is 17.3. The highest BCUT2D eigenvalue weighted by atomic mass is 28.4. The van der Waals surface area contributed by atoms with Crippen LogP contribution in [0.3, 0.4) is 0 Å². The van der Waals surface area contributed by atoms with Crippen molar-refractivity contribution in [2.24, 2.45) is 0 Å². The molecule has 0 aliphatic carbocycles. The molecule has 0 unspecified atom stereocenters. The Bertz CT molecular complexity index is 2160. The van der Waals surface area contributed by atoms with Crippen molar-refractivity contribution in [1.29, 1.82) is 0 Å². The Kier molecular flexibility index (Phi) is 12.2. The third kappa shape index (κ3) is 8.82. The van der Waals surface area contributed by atoms with Crippen molar-refractivity contribution in [3.05, 3.63) is 174 Å². The lowest BCUT2D eigenvalue weighted by Crippen LogP contribution is -2.69. The van der Waals surface area contributed by atoms with Gasteiger partial charge in [-0.1, -0.05) is 142 Å². The molecule has 0 radical (unpaired) electrons. The minimum atomic E-state index is -3.18. The number of Topliss-reactive ketones (excluding diaryl/α,β-unsaturated/α-hetero) is 2. The summed E-state index contributed by atoms with van der Waals surface area (Å²) in [6, 6.07) is 48.2. The number of benzene rings is 6. The molecule has 7 nitrogen and oxygen atoms in total. The SMILES string of the molecule is COc1cc(O[Si](c2ccccc2)(c2ccccc2)C(C)(C)C)c(C(=O)CC(=O)c2ccc(OCc3ccccc3)c(OCc3ccccc3)c2)cc1OC. The van der Waals surface area contributed by atoms with Crippen molar-refractivity contribution in [2.75, 3.05) is 14.2 Å². The zero-order valence-corrected chi connectivity index (χ0v) is 32.9. The van der Waals surface area contributed by atoms with Gasteiger partial charge in [-0.3, -0.25) is 9.59 Å². The van der Waals surface area contributed by atoms with Gasteiger partial charge in [0.1, 0.15) is 19.0 Å². The van der Waals surface area contributed by atoms with Crippen LogP contribution in [0.25, 0.3) is 0 Å². The molecule has 55 heavy (non-hydrogen) atoms. The van der Waals surface area contributed by atoms with Crippen molar-refractivity contribution in [2.45, 2.75) is 45.4 Å². The van der Waals surface area contributed by atoms with E-state index in [0.717, 1.165) is 21.5 Å². The third-order valence-electron chi connectivity index (χ3n) is 9.53. The zero-order valence-electron chi connectivity index (χ0n) is 31.9. The van der Waals surface area contributed by atoms with Crippen LogP contribution in [0.5, 0.6) is 28.7 Å². The van der Waals surface area contributed by atoms with Gasteiger partial charge in [-0.15, -0.1) is 0 Å². The van der Waals surface area contributed by atoms with Gasteiger partial charge in [-0.05, 0) is 50.8 Å². The van der Waals surface area contributed by atoms with Crippen LogP contribution in [-0.2, 0) is 13.2 Å². The van der Waals surface area contributed by atoms with Crippen LogP contribution in [-0.4, -0.2) is 34.1 Å². The van der Waals surface area contributed by atoms with Crippen LogP contribution in [0.1, 0.15) is 59.0 Å². The van der Waals surface area contributed by atoms with Crippen LogP contribution in [0, 0.1) is 0 Å². The van der Waals surface area contributed by atoms with E-state index in [-0.39, 0.29) is 23.0 Å². The maximum absolute atomic E-state index is 14.4. The Balaban J connectivity index is 1.36. The molecular weight excluding hydrogens is 705 g/mol. The average Bonchev–Trinajstić information content (AvgIpc) is 3.22. The number of methoxy groups -OCH3 is 2. The predicted molar refractivity (Wildman–Crippen MR) is 219 cm³/mol. The van der Waals surface area contributed by atoms with E-state index >= 15 is 0 Å². The summed E-state index contributed by atoms with van der Waals surface area (Å²) in [6.45, 7) is 7.08. The van der Waals surface area contributed by atoms with Crippen LogP contribution in [0.2, 0.25) is 5.04 Å². The molecule has 0 heterocycles. The van der Waals surface area contributed by atoms with Gasteiger partial charge in [0.2, 0.25) is 0 Å². The summed E-state index contributed by atoms with van der Waals surface area (Å²) in [5.41, 5.74) is 2.50. The van der Waals surface area contributed by atoms with E-state index in [9.17, 15) is 9.59 Å². The van der Waals surface area contributed by atoms with E-state index in [4.69, 9.17) is 23.4 Å². The van der Waals surface area contributed by atoms with E-state index in [2.05, 4.69) is 45.0 Å². The maximum atomic E-state index is 14.4. The number of rotatable bonds is 16. The Hall–Kier alpha value is -6.12. The fraction of sp³-hybridized carbons (Fsp3) is 0.191. The zero-order chi connectivity index (χ0) is 38.8. The largest absolute Gasteiger partial charge is 0.533 e. The number of hydrogen-bond acceptors (Lipinski definition) is 7. The van der Waals surface area contributed by atoms with Crippen molar-refractivity contribution in [3.8, 4) is 28.7 Å². The summed E-state index contributed by atoms with van der Waals surface area (Å²) >= 11 is 0. The molecule has 0 aliphatic heterocycles. The Morgan fingerprint density at radius 3 is 1.47 bits per heavy atom. The first-order chi connectivity index (χ1) is 26.6. The molecule has 0 aromatic heterocycles. The second-order valence-electron chi connectivity index (χ2n) is 14.2. The summed E-state index contributed by atoms with van der Waals surface area (Å²) in [5, 5.41) is 1.69. The molecule has 0 spiro atoms. The monoisotopic (exact) mass is 750 g/mol. The van der Waals surface area contributed by atoms with Crippen LogP contribution < -0.4 is 33.7 Å². The van der Waals surface area contributed by atoms with E-state index in [0.29, 0.717) is 40.9 Å². The van der Waals surface area contributed by atoms with Gasteiger partial charge in [0, 0.05) is 11.6 Å². The average molecular weight is 751 g/mol. The topological polar surface area (TPSA) is 80.3 Å². The van der Waals surface area contributed by atoms with Gasteiger partial charge in [0.05, 0.1) is 26.2 Å². The molecule has 8 heteroatoms.